The lowest BCUT2D eigenvalue weighted by Crippen LogP contribution is -2.29. The molecule has 1 amide bonds. The van der Waals surface area contributed by atoms with Crippen LogP contribution in [0.1, 0.15) is 67.2 Å². The molecule has 1 aromatic heterocycles. The molecule has 1 aliphatic rings. The second kappa shape index (κ2) is 10.2. The summed E-state index contributed by atoms with van der Waals surface area (Å²) < 4.78 is 11.2. The number of furan rings is 1. The minimum atomic E-state index is -0.738. The summed E-state index contributed by atoms with van der Waals surface area (Å²) in [5.41, 5.74) is 3.27. The Morgan fingerprint density at radius 2 is 1.86 bits per heavy atom. The third-order valence-corrected chi connectivity index (χ3v) is 6.28. The van der Waals surface area contributed by atoms with E-state index in [0.29, 0.717) is 23.8 Å². The van der Waals surface area contributed by atoms with Crippen LogP contribution >= 0.6 is 0 Å². The number of ketones is 1. The number of benzene rings is 2. The van der Waals surface area contributed by atoms with Gasteiger partial charge >= 0.3 is 0 Å². The highest BCUT2D eigenvalue weighted by Crippen LogP contribution is 2.41. The van der Waals surface area contributed by atoms with E-state index in [1.54, 1.807) is 30.3 Å². The Labute approximate surface area is 205 Å². The van der Waals surface area contributed by atoms with E-state index in [9.17, 15) is 14.7 Å². The third-order valence-electron chi connectivity index (χ3n) is 6.28. The molecule has 4 rings (SSSR count). The zero-order chi connectivity index (χ0) is 25.1. The Morgan fingerprint density at radius 1 is 1.11 bits per heavy atom. The molecule has 1 N–H and O–H groups in total. The minimum absolute atomic E-state index is 0.0699. The number of ether oxygens (including phenoxy) is 1. The van der Waals surface area contributed by atoms with Gasteiger partial charge in [0.25, 0.3) is 11.7 Å². The number of aliphatic hydroxyl groups excluding tert-OH is 1. The lowest BCUT2D eigenvalue weighted by molar-refractivity contribution is -0.140. The van der Waals surface area contributed by atoms with Crippen LogP contribution in [0, 0.1) is 6.92 Å². The molecule has 35 heavy (non-hydrogen) atoms. The van der Waals surface area contributed by atoms with Crippen molar-refractivity contribution in [2.75, 3.05) is 6.61 Å². The van der Waals surface area contributed by atoms with Crippen molar-refractivity contribution < 1.29 is 23.8 Å². The van der Waals surface area contributed by atoms with Gasteiger partial charge in [-0.25, -0.2) is 0 Å². The highest BCUT2D eigenvalue weighted by atomic mass is 16.5. The summed E-state index contributed by atoms with van der Waals surface area (Å²) in [7, 11) is 0. The molecule has 1 aliphatic heterocycles. The van der Waals surface area contributed by atoms with Gasteiger partial charge in [-0.05, 0) is 66.3 Å². The average Bonchev–Trinajstić information content (AvgIpc) is 3.45. The highest BCUT2D eigenvalue weighted by Gasteiger charge is 2.46. The minimum Gasteiger partial charge on any atom is -0.507 e. The molecule has 6 nitrogen and oxygen atoms in total. The molecule has 1 atom stereocenters. The van der Waals surface area contributed by atoms with Crippen LogP contribution in [0.3, 0.4) is 0 Å². The van der Waals surface area contributed by atoms with Crippen molar-refractivity contribution in [3.63, 3.8) is 0 Å². The van der Waals surface area contributed by atoms with Crippen LogP contribution in [0.15, 0.2) is 70.9 Å². The molecule has 6 heteroatoms. The number of rotatable bonds is 8. The summed E-state index contributed by atoms with van der Waals surface area (Å²) in [5, 5.41) is 11.3. The van der Waals surface area contributed by atoms with Gasteiger partial charge in [0.05, 0.1) is 31.0 Å². The molecule has 1 saturated heterocycles. The lowest BCUT2D eigenvalue weighted by atomic mass is 9.93. The van der Waals surface area contributed by atoms with Crippen LogP contribution in [0.25, 0.3) is 5.76 Å². The lowest BCUT2D eigenvalue weighted by Gasteiger charge is -2.25. The summed E-state index contributed by atoms with van der Waals surface area (Å²) >= 11 is 0. The zero-order valence-corrected chi connectivity index (χ0v) is 20.6. The number of likely N-dealkylation sites (tertiary alicyclic amines) is 1. The first-order chi connectivity index (χ1) is 16.8. The van der Waals surface area contributed by atoms with Crippen LogP contribution in [-0.2, 0) is 16.1 Å². The molecule has 2 heterocycles. The molecule has 182 valence electrons. The topological polar surface area (TPSA) is 80.0 Å². The molecule has 3 aromatic rings. The van der Waals surface area contributed by atoms with Gasteiger partial charge in [-0.3, -0.25) is 9.59 Å². The smallest absolute Gasteiger partial charge is 0.296 e. The Hall–Kier alpha value is -3.80. The van der Waals surface area contributed by atoms with Gasteiger partial charge in [0.1, 0.15) is 17.3 Å². The predicted octanol–water partition coefficient (Wildman–Crippen LogP) is 6.12. The summed E-state index contributed by atoms with van der Waals surface area (Å²) in [6.45, 7) is 8.84. The SMILES string of the molecule is CCCOc1ccc(/C(O)=C2/C(=O)C(=O)N(Cc3ccco3)C2c2ccc(C(C)C)cc2)cc1C. The van der Waals surface area contributed by atoms with Crippen LogP contribution < -0.4 is 4.74 Å². The van der Waals surface area contributed by atoms with Crippen LogP contribution in [0.4, 0.5) is 0 Å². The second-order valence-corrected chi connectivity index (χ2v) is 9.16. The van der Waals surface area contributed by atoms with Crippen molar-refractivity contribution in [2.24, 2.45) is 0 Å². The Bertz CT molecular complexity index is 1240. The van der Waals surface area contributed by atoms with E-state index in [4.69, 9.17) is 9.15 Å². The summed E-state index contributed by atoms with van der Waals surface area (Å²) in [5.74, 6) is 0.0474. The number of aliphatic hydroxyl groups is 1. The molecule has 0 aliphatic carbocycles. The van der Waals surface area contributed by atoms with E-state index in [-0.39, 0.29) is 17.9 Å². The van der Waals surface area contributed by atoms with E-state index in [0.717, 1.165) is 28.9 Å². The molecule has 0 saturated carbocycles. The van der Waals surface area contributed by atoms with Gasteiger partial charge in [0.15, 0.2) is 0 Å². The third kappa shape index (κ3) is 4.87. The van der Waals surface area contributed by atoms with E-state index in [1.807, 2.05) is 38.1 Å². The second-order valence-electron chi connectivity index (χ2n) is 9.16. The van der Waals surface area contributed by atoms with E-state index in [2.05, 4.69) is 13.8 Å². The van der Waals surface area contributed by atoms with Gasteiger partial charge in [-0.2, -0.15) is 0 Å². The maximum absolute atomic E-state index is 13.2. The molecule has 2 aromatic carbocycles. The molecule has 1 unspecified atom stereocenters. The van der Waals surface area contributed by atoms with E-state index < -0.39 is 17.7 Å². The number of carbonyl (C=O) groups is 2. The van der Waals surface area contributed by atoms with Gasteiger partial charge < -0.3 is 19.2 Å². The number of carbonyl (C=O) groups excluding carboxylic acids is 2. The quantitative estimate of drug-likeness (QED) is 0.242. The number of hydrogen-bond donors (Lipinski definition) is 1. The fraction of sp³-hybridized carbons (Fsp3) is 0.310. The van der Waals surface area contributed by atoms with Crippen LogP contribution in [0.2, 0.25) is 0 Å². The number of nitrogens with zero attached hydrogens (tertiary/aromatic N) is 1. The average molecular weight is 474 g/mol. The maximum atomic E-state index is 13.2. The summed E-state index contributed by atoms with van der Waals surface area (Å²) in [6.07, 6.45) is 2.42. The largest absolute Gasteiger partial charge is 0.507 e. The fourth-order valence-corrected chi connectivity index (χ4v) is 4.35. The predicted molar refractivity (Wildman–Crippen MR) is 134 cm³/mol. The molecule has 1 fully saturated rings. The van der Waals surface area contributed by atoms with Crippen molar-refractivity contribution in [2.45, 2.75) is 52.6 Å². The summed E-state index contributed by atoms with van der Waals surface area (Å²) in [4.78, 5) is 27.9. The number of amides is 1. The first kappa shape index (κ1) is 24.3. The number of Topliss-reactive ketones (excluding diaryl/α,β-unsaturated/α-hetero) is 1. The molecule has 0 bridgehead atoms. The number of aryl methyl sites for hydroxylation is 1. The van der Waals surface area contributed by atoms with Crippen molar-refractivity contribution in [3.8, 4) is 5.75 Å². The first-order valence-electron chi connectivity index (χ1n) is 12.0. The van der Waals surface area contributed by atoms with E-state index in [1.165, 1.54) is 11.2 Å². The van der Waals surface area contributed by atoms with Crippen molar-refractivity contribution in [3.05, 3.63) is 94.4 Å². The van der Waals surface area contributed by atoms with Crippen molar-refractivity contribution >= 4 is 17.4 Å². The van der Waals surface area contributed by atoms with Crippen molar-refractivity contribution in [1.29, 1.82) is 0 Å². The summed E-state index contributed by atoms with van der Waals surface area (Å²) in [6, 6.07) is 15.9. The Morgan fingerprint density at radius 3 is 2.46 bits per heavy atom. The van der Waals surface area contributed by atoms with Gasteiger partial charge in [0, 0.05) is 5.56 Å². The van der Waals surface area contributed by atoms with E-state index >= 15 is 0 Å². The number of hydrogen-bond acceptors (Lipinski definition) is 5. The van der Waals surface area contributed by atoms with Gasteiger partial charge in [-0.15, -0.1) is 0 Å². The maximum Gasteiger partial charge on any atom is 0.296 e. The molecule has 0 radical (unpaired) electrons. The molecular weight excluding hydrogens is 442 g/mol. The Kier molecular flexibility index (Phi) is 7.10. The first-order valence-corrected chi connectivity index (χ1v) is 12.0. The normalized spacial score (nSPS) is 17.4. The monoisotopic (exact) mass is 473 g/mol. The van der Waals surface area contributed by atoms with Gasteiger partial charge in [-0.1, -0.05) is 45.0 Å². The molecule has 0 spiro atoms. The van der Waals surface area contributed by atoms with Crippen LogP contribution in [-0.4, -0.2) is 28.3 Å². The molecular formula is C29H31NO5. The Balaban J connectivity index is 1.81. The standard InChI is InChI=1S/C29H31NO5/c1-5-14-35-24-13-12-22(16-19(24)4)27(31)25-26(21-10-8-20(9-11-21)18(2)3)30(29(33)28(25)32)17-23-7-6-15-34-23/h6-13,15-16,18,26,31H,5,14,17H2,1-4H3/b27-25-. The zero-order valence-electron chi connectivity index (χ0n) is 20.6. The highest BCUT2D eigenvalue weighted by molar-refractivity contribution is 6.46. The van der Waals surface area contributed by atoms with Crippen LogP contribution in [0.5, 0.6) is 5.75 Å². The van der Waals surface area contributed by atoms with Gasteiger partial charge in [0.2, 0.25) is 0 Å². The fourth-order valence-electron chi connectivity index (χ4n) is 4.35. The van der Waals surface area contributed by atoms with Crippen molar-refractivity contribution in [1.82, 2.24) is 4.90 Å².